The van der Waals surface area contributed by atoms with Crippen LogP contribution in [0.5, 0.6) is 0 Å². The molecule has 4 aromatic carbocycles. The summed E-state index contributed by atoms with van der Waals surface area (Å²) in [6.45, 7) is 1.66. The molecule has 190 valence electrons. The van der Waals surface area contributed by atoms with E-state index in [9.17, 15) is 9.90 Å². The number of anilines is 4. The first-order chi connectivity index (χ1) is 18.6. The van der Waals surface area contributed by atoms with Gasteiger partial charge in [-0.3, -0.25) is 4.79 Å². The molecule has 0 spiro atoms. The Bertz CT molecular complexity index is 1540. The molecule has 0 bridgehead atoms. The number of aromatic nitrogens is 2. The van der Waals surface area contributed by atoms with Gasteiger partial charge in [0.15, 0.2) is 0 Å². The van der Waals surface area contributed by atoms with Gasteiger partial charge in [-0.1, -0.05) is 18.2 Å². The van der Waals surface area contributed by atoms with Gasteiger partial charge in [0.2, 0.25) is 0 Å². The number of para-hydroxylation sites is 1. The number of carbonyl (C=O) groups excluding carboxylic acids is 1. The van der Waals surface area contributed by atoms with Crippen molar-refractivity contribution in [2.75, 3.05) is 28.6 Å². The molecule has 1 aliphatic rings. The van der Waals surface area contributed by atoms with Gasteiger partial charge in [0, 0.05) is 46.8 Å². The van der Waals surface area contributed by atoms with Crippen molar-refractivity contribution in [3.05, 3.63) is 109 Å². The summed E-state index contributed by atoms with van der Waals surface area (Å²) in [7, 11) is 0. The molecule has 1 fully saturated rings. The maximum Gasteiger partial charge on any atom is 0.255 e. The van der Waals surface area contributed by atoms with Crippen molar-refractivity contribution in [1.82, 2.24) is 9.78 Å². The Kier molecular flexibility index (Phi) is 6.50. The second-order valence-corrected chi connectivity index (χ2v) is 9.59. The van der Waals surface area contributed by atoms with E-state index in [1.807, 2.05) is 108 Å². The molecule has 6 rings (SSSR count). The summed E-state index contributed by atoms with van der Waals surface area (Å²) in [5.41, 5.74) is 6.36. The fourth-order valence-electron chi connectivity index (χ4n) is 4.84. The summed E-state index contributed by atoms with van der Waals surface area (Å²) >= 11 is 0. The van der Waals surface area contributed by atoms with Gasteiger partial charge < -0.3 is 20.6 Å². The summed E-state index contributed by atoms with van der Waals surface area (Å²) in [5.74, 6) is -0.154. The number of nitrogens with one attached hydrogen (secondary N) is 2. The highest BCUT2D eigenvalue weighted by molar-refractivity contribution is 6.05. The number of fused-ring (bicyclic) bond motifs is 1. The maximum absolute atomic E-state index is 12.9. The van der Waals surface area contributed by atoms with Crippen LogP contribution in [0.4, 0.5) is 22.7 Å². The molecule has 0 aliphatic carbocycles. The SMILES string of the molecule is O=C(Nc1ccc2c(cnn2-c2ccc(Nc3ccccc3)cc2)c1)c1ccc(N2CCC(O)CC2)cc1. The lowest BCUT2D eigenvalue weighted by atomic mass is 10.1. The van der Waals surface area contributed by atoms with Crippen LogP contribution in [0.15, 0.2) is 103 Å². The molecule has 3 N–H and O–H groups in total. The van der Waals surface area contributed by atoms with E-state index in [4.69, 9.17) is 0 Å². The van der Waals surface area contributed by atoms with Gasteiger partial charge >= 0.3 is 0 Å². The van der Waals surface area contributed by atoms with E-state index >= 15 is 0 Å². The van der Waals surface area contributed by atoms with Gasteiger partial charge in [-0.25, -0.2) is 4.68 Å². The van der Waals surface area contributed by atoms with Crippen molar-refractivity contribution in [3.63, 3.8) is 0 Å². The van der Waals surface area contributed by atoms with Crippen LogP contribution in [0.3, 0.4) is 0 Å². The largest absolute Gasteiger partial charge is 0.393 e. The molecule has 7 heteroatoms. The number of hydrogen-bond donors (Lipinski definition) is 3. The van der Waals surface area contributed by atoms with Crippen molar-refractivity contribution >= 4 is 39.6 Å². The maximum atomic E-state index is 12.9. The molecule has 1 saturated heterocycles. The lowest BCUT2D eigenvalue weighted by molar-refractivity contribution is 0.102. The van der Waals surface area contributed by atoms with Gasteiger partial charge in [-0.15, -0.1) is 0 Å². The zero-order chi connectivity index (χ0) is 25.9. The zero-order valence-electron chi connectivity index (χ0n) is 20.9. The van der Waals surface area contributed by atoms with Crippen LogP contribution in [0.25, 0.3) is 16.6 Å². The second-order valence-electron chi connectivity index (χ2n) is 9.59. The Hall–Kier alpha value is -4.62. The molecule has 1 aliphatic heterocycles. The lowest BCUT2D eigenvalue weighted by Gasteiger charge is -2.31. The van der Waals surface area contributed by atoms with E-state index in [1.54, 1.807) is 0 Å². The zero-order valence-corrected chi connectivity index (χ0v) is 20.9. The number of piperidine rings is 1. The van der Waals surface area contributed by atoms with Gasteiger partial charge in [0.05, 0.1) is 23.5 Å². The van der Waals surface area contributed by atoms with Crippen molar-refractivity contribution in [2.24, 2.45) is 0 Å². The number of hydrogen-bond acceptors (Lipinski definition) is 5. The smallest absolute Gasteiger partial charge is 0.255 e. The van der Waals surface area contributed by atoms with Crippen LogP contribution in [0, 0.1) is 0 Å². The molecule has 0 saturated carbocycles. The van der Waals surface area contributed by atoms with Crippen LogP contribution in [-0.2, 0) is 0 Å². The van der Waals surface area contributed by atoms with Crippen molar-refractivity contribution in [1.29, 1.82) is 0 Å². The van der Waals surface area contributed by atoms with E-state index < -0.39 is 0 Å². The molecule has 0 unspecified atom stereocenters. The summed E-state index contributed by atoms with van der Waals surface area (Å²) in [4.78, 5) is 15.1. The third kappa shape index (κ3) is 5.10. The Balaban J connectivity index is 1.13. The predicted molar refractivity (Wildman–Crippen MR) is 153 cm³/mol. The standard InChI is InChI=1S/C31H29N5O2/c37-29-16-18-35(19-17-29)27-11-6-22(7-12-27)31(38)34-26-10-15-30-23(20-26)21-32-36(30)28-13-8-25(9-14-28)33-24-4-2-1-3-5-24/h1-15,20-21,29,33,37H,16-19H2,(H,34,38). The third-order valence-electron chi connectivity index (χ3n) is 6.96. The molecule has 5 aromatic rings. The average Bonchev–Trinajstić information content (AvgIpc) is 3.38. The minimum Gasteiger partial charge on any atom is -0.393 e. The van der Waals surface area contributed by atoms with Crippen molar-refractivity contribution in [3.8, 4) is 5.69 Å². The predicted octanol–water partition coefficient (Wildman–Crippen LogP) is 5.98. The van der Waals surface area contributed by atoms with Crippen LogP contribution in [-0.4, -0.2) is 40.0 Å². The third-order valence-corrected chi connectivity index (χ3v) is 6.96. The van der Waals surface area contributed by atoms with Gasteiger partial charge in [0.25, 0.3) is 5.91 Å². The van der Waals surface area contributed by atoms with E-state index in [1.165, 1.54) is 0 Å². The monoisotopic (exact) mass is 503 g/mol. The topological polar surface area (TPSA) is 82.4 Å². The highest BCUT2D eigenvalue weighted by Crippen LogP contribution is 2.25. The number of amides is 1. The van der Waals surface area contributed by atoms with Crippen LogP contribution in [0.2, 0.25) is 0 Å². The van der Waals surface area contributed by atoms with Crippen molar-refractivity contribution in [2.45, 2.75) is 18.9 Å². The van der Waals surface area contributed by atoms with Gasteiger partial charge in [-0.05, 0) is 91.7 Å². The van der Waals surface area contributed by atoms with E-state index in [0.29, 0.717) is 5.56 Å². The lowest BCUT2D eigenvalue weighted by Crippen LogP contribution is -2.35. The minimum absolute atomic E-state index is 0.154. The molecule has 1 amide bonds. The number of rotatable bonds is 6. The molecule has 0 radical (unpaired) electrons. The molecule has 38 heavy (non-hydrogen) atoms. The highest BCUT2D eigenvalue weighted by Gasteiger charge is 2.17. The first kappa shape index (κ1) is 23.8. The van der Waals surface area contributed by atoms with E-state index in [-0.39, 0.29) is 12.0 Å². The molecule has 2 heterocycles. The number of aliphatic hydroxyl groups excluding tert-OH is 1. The van der Waals surface area contributed by atoms with Crippen LogP contribution in [0.1, 0.15) is 23.2 Å². The number of carbonyl (C=O) groups is 1. The average molecular weight is 504 g/mol. The Morgan fingerprint density at radius 2 is 1.45 bits per heavy atom. The first-order valence-corrected chi connectivity index (χ1v) is 12.9. The summed E-state index contributed by atoms with van der Waals surface area (Å²) in [5, 5.41) is 21.6. The quantitative estimate of drug-likeness (QED) is 0.265. The van der Waals surface area contributed by atoms with E-state index in [0.717, 1.165) is 65.3 Å². The fourth-order valence-corrected chi connectivity index (χ4v) is 4.84. The van der Waals surface area contributed by atoms with Crippen molar-refractivity contribution < 1.29 is 9.90 Å². The van der Waals surface area contributed by atoms with Crippen LogP contribution >= 0.6 is 0 Å². The number of benzene rings is 4. The Morgan fingerprint density at radius 1 is 0.789 bits per heavy atom. The Labute approximate surface area is 221 Å². The number of aliphatic hydroxyl groups is 1. The molecule has 7 nitrogen and oxygen atoms in total. The summed E-state index contributed by atoms with van der Waals surface area (Å²) in [6, 6.07) is 31.6. The fraction of sp³-hybridized carbons (Fsp3) is 0.161. The summed E-state index contributed by atoms with van der Waals surface area (Å²) < 4.78 is 1.89. The summed E-state index contributed by atoms with van der Waals surface area (Å²) in [6.07, 6.45) is 3.16. The first-order valence-electron chi connectivity index (χ1n) is 12.9. The molecular formula is C31H29N5O2. The second kappa shape index (κ2) is 10.4. The van der Waals surface area contributed by atoms with E-state index in [2.05, 4.69) is 20.6 Å². The highest BCUT2D eigenvalue weighted by atomic mass is 16.3. The van der Waals surface area contributed by atoms with Gasteiger partial charge in [0.1, 0.15) is 0 Å². The molecular weight excluding hydrogens is 474 g/mol. The van der Waals surface area contributed by atoms with Gasteiger partial charge in [-0.2, -0.15) is 5.10 Å². The Morgan fingerprint density at radius 3 is 2.18 bits per heavy atom. The molecule has 0 atom stereocenters. The number of nitrogens with zero attached hydrogens (tertiary/aromatic N) is 3. The molecule has 1 aromatic heterocycles. The minimum atomic E-state index is -0.205. The van der Waals surface area contributed by atoms with Crippen LogP contribution < -0.4 is 15.5 Å². The normalized spacial score (nSPS) is 14.0.